The SMILES string of the molecule is CCOc1ccc(NC(=O)C(C)O)c(NC(=O)c2cc(OCC)c(OCC)c(OCC)c2)c1. The molecule has 0 bridgehead atoms. The lowest BCUT2D eigenvalue weighted by molar-refractivity contribution is -0.123. The van der Waals surface area contributed by atoms with Crippen LogP contribution in [0.1, 0.15) is 45.0 Å². The number of benzene rings is 2. The molecule has 33 heavy (non-hydrogen) atoms. The van der Waals surface area contributed by atoms with Gasteiger partial charge in [0.1, 0.15) is 11.9 Å². The molecule has 1 atom stereocenters. The van der Waals surface area contributed by atoms with E-state index >= 15 is 0 Å². The van der Waals surface area contributed by atoms with Gasteiger partial charge in [0.2, 0.25) is 5.75 Å². The van der Waals surface area contributed by atoms with Crippen molar-refractivity contribution in [3.8, 4) is 23.0 Å². The van der Waals surface area contributed by atoms with Gasteiger partial charge >= 0.3 is 0 Å². The number of aliphatic hydroxyl groups excluding tert-OH is 1. The van der Waals surface area contributed by atoms with Crippen molar-refractivity contribution in [2.24, 2.45) is 0 Å². The summed E-state index contributed by atoms with van der Waals surface area (Å²) in [5.41, 5.74) is 0.906. The highest BCUT2D eigenvalue weighted by atomic mass is 16.5. The molecule has 2 rings (SSSR count). The lowest BCUT2D eigenvalue weighted by atomic mass is 10.1. The maximum absolute atomic E-state index is 13.2. The second kappa shape index (κ2) is 12.5. The van der Waals surface area contributed by atoms with Gasteiger partial charge < -0.3 is 34.7 Å². The van der Waals surface area contributed by atoms with E-state index in [0.29, 0.717) is 60.8 Å². The number of aliphatic hydroxyl groups is 1. The van der Waals surface area contributed by atoms with Crippen LogP contribution in [0.25, 0.3) is 0 Å². The Morgan fingerprint density at radius 1 is 0.818 bits per heavy atom. The largest absolute Gasteiger partial charge is 0.494 e. The van der Waals surface area contributed by atoms with Gasteiger partial charge in [0.25, 0.3) is 11.8 Å². The smallest absolute Gasteiger partial charge is 0.256 e. The van der Waals surface area contributed by atoms with E-state index < -0.39 is 17.9 Å². The Morgan fingerprint density at radius 2 is 1.39 bits per heavy atom. The van der Waals surface area contributed by atoms with Gasteiger partial charge in [-0.25, -0.2) is 0 Å². The molecule has 2 amide bonds. The van der Waals surface area contributed by atoms with Crippen molar-refractivity contribution < 1.29 is 33.6 Å². The molecule has 9 nitrogen and oxygen atoms in total. The van der Waals surface area contributed by atoms with Crippen molar-refractivity contribution in [3.63, 3.8) is 0 Å². The second-order valence-corrected chi connectivity index (χ2v) is 6.86. The van der Waals surface area contributed by atoms with Crippen LogP contribution in [0.5, 0.6) is 23.0 Å². The first kappa shape index (κ1) is 25.8. The van der Waals surface area contributed by atoms with Gasteiger partial charge in [0, 0.05) is 11.6 Å². The standard InChI is InChI=1S/C24H32N2O7/c1-6-30-17-10-11-18(25-23(28)15(5)27)19(14-17)26-24(29)16-12-20(31-7-2)22(33-9-4)21(13-16)32-8-3/h10-15,27H,6-9H2,1-5H3,(H,25,28)(H,26,29). The minimum absolute atomic E-state index is 0.278. The van der Waals surface area contributed by atoms with Gasteiger partial charge in [-0.15, -0.1) is 0 Å². The van der Waals surface area contributed by atoms with Crippen LogP contribution in [0.4, 0.5) is 11.4 Å². The molecule has 0 aliphatic heterocycles. The summed E-state index contributed by atoms with van der Waals surface area (Å²) < 4.78 is 22.6. The summed E-state index contributed by atoms with van der Waals surface area (Å²) in [7, 11) is 0. The van der Waals surface area contributed by atoms with E-state index in [9.17, 15) is 14.7 Å². The highest BCUT2D eigenvalue weighted by Gasteiger charge is 2.20. The van der Waals surface area contributed by atoms with Gasteiger partial charge in [-0.1, -0.05) is 0 Å². The lowest BCUT2D eigenvalue weighted by Gasteiger charge is -2.18. The molecule has 9 heteroatoms. The van der Waals surface area contributed by atoms with Gasteiger partial charge in [-0.2, -0.15) is 0 Å². The molecule has 180 valence electrons. The fourth-order valence-corrected chi connectivity index (χ4v) is 2.94. The predicted octanol–water partition coefficient (Wildman–Crippen LogP) is 3.85. The summed E-state index contributed by atoms with van der Waals surface area (Å²) in [5, 5.41) is 14.9. The van der Waals surface area contributed by atoms with Crippen LogP contribution in [0.2, 0.25) is 0 Å². The monoisotopic (exact) mass is 460 g/mol. The molecule has 0 aliphatic carbocycles. The first-order chi connectivity index (χ1) is 15.8. The number of carbonyl (C=O) groups is 2. The van der Waals surface area contributed by atoms with E-state index in [1.807, 2.05) is 27.7 Å². The van der Waals surface area contributed by atoms with Crippen LogP contribution >= 0.6 is 0 Å². The van der Waals surface area contributed by atoms with E-state index in [1.165, 1.54) is 6.92 Å². The topological polar surface area (TPSA) is 115 Å². The number of hydrogen-bond acceptors (Lipinski definition) is 7. The molecule has 2 aromatic carbocycles. The quantitative estimate of drug-likeness (QED) is 0.441. The van der Waals surface area contributed by atoms with E-state index in [4.69, 9.17) is 18.9 Å². The van der Waals surface area contributed by atoms with Crippen molar-refractivity contribution in [2.45, 2.75) is 40.7 Å². The number of nitrogens with one attached hydrogen (secondary N) is 2. The average molecular weight is 461 g/mol. The number of amides is 2. The summed E-state index contributed by atoms with van der Waals surface area (Å²) in [6, 6.07) is 8.00. The van der Waals surface area contributed by atoms with Crippen LogP contribution in [-0.4, -0.2) is 49.5 Å². The van der Waals surface area contributed by atoms with Crippen LogP contribution in [0.15, 0.2) is 30.3 Å². The van der Waals surface area contributed by atoms with E-state index in [-0.39, 0.29) is 5.56 Å². The first-order valence-electron chi connectivity index (χ1n) is 11.0. The zero-order valence-electron chi connectivity index (χ0n) is 19.7. The van der Waals surface area contributed by atoms with Gasteiger partial charge in [0.05, 0.1) is 37.8 Å². The summed E-state index contributed by atoms with van der Waals surface area (Å²) in [4.78, 5) is 25.2. The van der Waals surface area contributed by atoms with Crippen molar-refractivity contribution >= 4 is 23.2 Å². The second-order valence-electron chi connectivity index (χ2n) is 6.86. The van der Waals surface area contributed by atoms with Crippen molar-refractivity contribution in [2.75, 3.05) is 37.1 Å². The predicted molar refractivity (Wildman–Crippen MR) is 126 cm³/mol. The molecule has 0 radical (unpaired) electrons. The zero-order chi connectivity index (χ0) is 24.4. The van der Waals surface area contributed by atoms with Crippen LogP contribution in [0.3, 0.4) is 0 Å². The molecule has 0 saturated carbocycles. The Morgan fingerprint density at radius 3 is 1.91 bits per heavy atom. The van der Waals surface area contributed by atoms with Crippen LogP contribution < -0.4 is 29.6 Å². The molecule has 1 unspecified atom stereocenters. The third kappa shape index (κ3) is 7.01. The van der Waals surface area contributed by atoms with Crippen LogP contribution in [0, 0.1) is 0 Å². The lowest BCUT2D eigenvalue weighted by Crippen LogP contribution is -2.25. The van der Waals surface area contributed by atoms with E-state index in [1.54, 1.807) is 30.3 Å². The fourth-order valence-electron chi connectivity index (χ4n) is 2.94. The highest BCUT2D eigenvalue weighted by Crippen LogP contribution is 2.39. The Labute approximate surface area is 194 Å². The van der Waals surface area contributed by atoms with Crippen molar-refractivity contribution in [1.29, 1.82) is 0 Å². The number of anilines is 2. The van der Waals surface area contributed by atoms with E-state index in [2.05, 4.69) is 10.6 Å². The van der Waals surface area contributed by atoms with Crippen molar-refractivity contribution in [3.05, 3.63) is 35.9 Å². The Balaban J connectivity index is 2.45. The van der Waals surface area contributed by atoms with Crippen molar-refractivity contribution in [1.82, 2.24) is 0 Å². The Hall–Kier alpha value is -3.46. The number of rotatable bonds is 12. The maximum atomic E-state index is 13.2. The summed E-state index contributed by atoms with van der Waals surface area (Å²) >= 11 is 0. The highest BCUT2D eigenvalue weighted by molar-refractivity contribution is 6.08. The molecule has 3 N–H and O–H groups in total. The summed E-state index contributed by atoms with van der Waals surface area (Å²) in [6.45, 7) is 10.3. The minimum Gasteiger partial charge on any atom is -0.494 e. The fraction of sp³-hybridized carbons (Fsp3) is 0.417. The number of hydrogen-bond donors (Lipinski definition) is 3. The van der Waals surface area contributed by atoms with Gasteiger partial charge in [0.15, 0.2) is 11.5 Å². The Kier molecular flexibility index (Phi) is 9.81. The minimum atomic E-state index is -1.21. The van der Waals surface area contributed by atoms with Gasteiger partial charge in [-0.05, 0) is 58.9 Å². The maximum Gasteiger partial charge on any atom is 0.256 e. The zero-order valence-corrected chi connectivity index (χ0v) is 19.7. The molecular weight excluding hydrogens is 428 g/mol. The summed E-state index contributed by atoms with van der Waals surface area (Å²) in [6.07, 6.45) is -1.21. The normalized spacial score (nSPS) is 11.3. The molecule has 0 saturated heterocycles. The number of ether oxygens (including phenoxy) is 4. The molecule has 0 aromatic heterocycles. The molecule has 0 fully saturated rings. The third-order valence-corrected chi connectivity index (χ3v) is 4.36. The molecule has 2 aromatic rings. The van der Waals surface area contributed by atoms with Gasteiger partial charge in [-0.3, -0.25) is 9.59 Å². The number of carbonyl (C=O) groups excluding carboxylic acids is 2. The first-order valence-corrected chi connectivity index (χ1v) is 11.0. The third-order valence-electron chi connectivity index (χ3n) is 4.36. The van der Waals surface area contributed by atoms with Crippen LogP contribution in [-0.2, 0) is 4.79 Å². The Bertz CT molecular complexity index is 933. The van der Waals surface area contributed by atoms with E-state index in [0.717, 1.165) is 0 Å². The summed E-state index contributed by atoms with van der Waals surface area (Å²) in [5.74, 6) is 0.664. The molecule has 0 spiro atoms. The molecular formula is C24H32N2O7. The molecule has 0 heterocycles. The molecule has 0 aliphatic rings. The average Bonchev–Trinajstić information content (AvgIpc) is 2.77.